The number of nitrogens with one attached hydrogen (secondary N) is 3. The summed E-state index contributed by atoms with van der Waals surface area (Å²) in [4.78, 5) is 67.8. The normalized spacial score (nSPS) is 18.9. The zero-order valence-electron chi connectivity index (χ0n) is 34.7. The number of carbonyl (C=O) groups excluding carboxylic acids is 4. The summed E-state index contributed by atoms with van der Waals surface area (Å²) in [5.41, 5.74) is 4.87. The van der Waals surface area contributed by atoms with Gasteiger partial charge in [0.25, 0.3) is 5.91 Å². The minimum absolute atomic E-state index is 0.134. The van der Waals surface area contributed by atoms with Crippen LogP contribution in [0.15, 0.2) is 66.9 Å². The molecule has 1 unspecified atom stereocenters. The van der Waals surface area contributed by atoms with Crippen LogP contribution in [0.4, 0.5) is 28.8 Å². The van der Waals surface area contributed by atoms with Crippen LogP contribution in [0.5, 0.6) is 5.75 Å². The average Bonchev–Trinajstić information content (AvgIpc) is 3.58. The molecule has 4 aromatic rings. The summed E-state index contributed by atoms with van der Waals surface area (Å²) in [6.45, 7) is 8.66. The quantitative estimate of drug-likeness (QED) is 0.123. The molecule has 320 valence electrons. The summed E-state index contributed by atoms with van der Waals surface area (Å²) in [7, 11) is -0.921. The fourth-order valence-electron chi connectivity index (χ4n) is 8.81. The number of ether oxygens (including phenoxy) is 1. The summed E-state index contributed by atoms with van der Waals surface area (Å²) >= 11 is 6.48. The molecule has 0 bridgehead atoms. The van der Waals surface area contributed by atoms with Crippen LogP contribution in [0.1, 0.15) is 53.6 Å². The van der Waals surface area contributed by atoms with Gasteiger partial charge >= 0.3 is 0 Å². The van der Waals surface area contributed by atoms with Gasteiger partial charge in [-0.15, -0.1) is 0 Å². The Hall–Kier alpha value is -5.50. The molecular weight excluding hydrogens is 817 g/mol. The van der Waals surface area contributed by atoms with Gasteiger partial charge in [0, 0.05) is 87.3 Å². The number of hydrogen-bond donors (Lipinski definition) is 3. The second kappa shape index (κ2) is 17.8. The van der Waals surface area contributed by atoms with Gasteiger partial charge in [0.05, 0.1) is 24.7 Å². The van der Waals surface area contributed by atoms with Gasteiger partial charge in [-0.3, -0.25) is 29.4 Å². The molecule has 3 N–H and O–H groups in total. The third-order valence-corrected chi connectivity index (χ3v) is 14.0. The van der Waals surface area contributed by atoms with Gasteiger partial charge in [-0.2, -0.15) is 4.98 Å². The summed E-state index contributed by atoms with van der Waals surface area (Å²) < 4.78 is 18.7. The Morgan fingerprint density at radius 1 is 0.934 bits per heavy atom. The SMILES string of the molecule is COc1cc(N2CCC(N3CCN(C(=O)CCc4ccc5c(c4)CN(C4CCC(=O)NC4=O)C5=O)CC3)CC2)ccc1Nc1ncc(Cl)c(Nc2ccccc2P(C)(C)=O)n1. The highest BCUT2D eigenvalue weighted by Gasteiger charge is 2.39. The lowest BCUT2D eigenvalue weighted by atomic mass is 10.0. The number of aromatic nitrogens is 2. The number of aryl methyl sites for hydroxylation is 1. The second-order valence-corrected chi connectivity index (χ2v) is 20.0. The van der Waals surface area contributed by atoms with Crippen LogP contribution in [-0.2, 0) is 31.9 Å². The third kappa shape index (κ3) is 9.39. The van der Waals surface area contributed by atoms with Gasteiger partial charge in [-0.05, 0) is 80.5 Å². The Morgan fingerprint density at radius 2 is 1.70 bits per heavy atom. The fourth-order valence-corrected chi connectivity index (χ4v) is 10.1. The Bertz CT molecular complexity index is 2390. The number of hydrogen-bond acceptors (Lipinski definition) is 12. The van der Waals surface area contributed by atoms with Crippen LogP contribution in [0.25, 0.3) is 0 Å². The number of nitrogens with zero attached hydrogens (tertiary/aromatic N) is 6. The van der Waals surface area contributed by atoms with E-state index in [0.29, 0.717) is 89.7 Å². The minimum Gasteiger partial charge on any atom is -0.494 e. The smallest absolute Gasteiger partial charge is 0.255 e. The summed E-state index contributed by atoms with van der Waals surface area (Å²) in [6, 6.07) is 18.9. The molecule has 5 heterocycles. The first kappa shape index (κ1) is 42.2. The molecule has 4 aliphatic heterocycles. The molecule has 61 heavy (non-hydrogen) atoms. The number of carbonyl (C=O) groups is 4. The lowest BCUT2D eigenvalue weighted by Gasteiger charge is -2.43. The van der Waals surface area contributed by atoms with Crippen LogP contribution >= 0.6 is 18.7 Å². The number of amides is 4. The number of halogens is 1. The largest absolute Gasteiger partial charge is 0.494 e. The molecule has 1 aromatic heterocycles. The number of rotatable bonds is 12. The molecule has 15 nitrogen and oxygen atoms in total. The maximum atomic E-state index is 13.3. The van der Waals surface area contributed by atoms with Gasteiger partial charge in [0.15, 0.2) is 5.82 Å². The number of piperazine rings is 1. The molecule has 0 aliphatic carbocycles. The van der Waals surface area contributed by atoms with E-state index in [2.05, 4.69) is 41.8 Å². The first-order chi connectivity index (χ1) is 29.3. The molecular formula is C44H51ClN9O6P. The van der Waals surface area contributed by atoms with Gasteiger partial charge < -0.3 is 34.6 Å². The zero-order valence-corrected chi connectivity index (χ0v) is 36.3. The van der Waals surface area contributed by atoms with Crippen molar-refractivity contribution in [2.24, 2.45) is 0 Å². The Kier molecular flexibility index (Phi) is 12.3. The molecule has 4 amide bonds. The first-order valence-electron chi connectivity index (χ1n) is 20.8. The Morgan fingerprint density at radius 3 is 2.44 bits per heavy atom. The van der Waals surface area contributed by atoms with Gasteiger partial charge in [0.2, 0.25) is 23.7 Å². The number of piperidine rings is 2. The van der Waals surface area contributed by atoms with Crippen molar-refractivity contribution in [2.45, 2.75) is 57.2 Å². The average molecular weight is 868 g/mol. The maximum absolute atomic E-state index is 13.3. The van der Waals surface area contributed by atoms with E-state index in [-0.39, 0.29) is 24.1 Å². The number of imide groups is 1. The van der Waals surface area contributed by atoms with Crippen molar-refractivity contribution in [2.75, 3.05) is 75.2 Å². The van der Waals surface area contributed by atoms with Gasteiger partial charge in [-0.25, -0.2) is 4.98 Å². The number of fused-ring (bicyclic) bond motifs is 1. The summed E-state index contributed by atoms with van der Waals surface area (Å²) in [5.74, 6) is 0.581. The van der Waals surface area contributed by atoms with E-state index in [0.717, 1.165) is 55.8 Å². The Balaban J connectivity index is 0.800. The first-order valence-corrected chi connectivity index (χ1v) is 23.7. The standard InChI is InChI=1S/C44H51ClN9O6P/c1-60-37-25-31(10-12-34(37)48-44-46-26-33(45)41(50-44)47-35-6-4-5-7-38(35)61(2,3)59)51-18-16-30(17-19-51)52-20-22-53(23-21-52)40(56)15-9-28-8-11-32-29(24-28)27-54(43(32)58)36-13-14-39(55)49-42(36)57/h4-8,10-12,24-26,30,36H,9,13-23,27H2,1-3H3,(H,49,55,57)(H2,46,47,48,50). The topological polar surface area (TPSA) is 169 Å². The van der Waals surface area contributed by atoms with E-state index < -0.39 is 19.1 Å². The molecule has 17 heteroatoms. The minimum atomic E-state index is -2.56. The molecule has 3 fully saturated rings. The van der Waals surface area contributed by atoms with E-state index in [4.69, 9.17) is 16.3 Å². The van der Waals surface area contributed by atoms with E-state index in [1.807, 2.05) is 53.4 Å². The molecule has 0 spiro atoms. The van der Waals surface area contributed by atoms with Crippen molar-refractivity contribution in [1.29, 1.82) is 0 Å². The lowest BCUT2D eigenvalue weighted by Crippen LogP contribution is -2.54. The summed E-state index contributed by atoms with van der Waals surface area (Å²) in [5, 5.41) is 9.89. The maximum Gasteiger partial charge on any atom is 0.255 e. The number of para-hydroxylation sites is 1. The van der Waals surface area contributed by atoms with E-state index in [1.165, 1.54) is 6.20 Å². The summed E-state index contributed by atoms with van der Waals surface area (Å²) in [6.07, 6.45) is 5.06. The van der Waals surface area contributed by atoms with Crippen LogP contribution in [-0.4, -0.2) is 120 Å². The predicted molar refractivity (Wildman–Crippen MR) is 236 cm³/mol. The molecule has 8 rings (SSSR count). The number of benzene rings is 3. The highest BCUT2D eigenvalue weighted by molar-refractivity contribution is 7.70. The third-order valence-electron chi connectivity index (χ3n) is 12.1. The molecule has 0 radical (unpaired) electrons. The predicted octanol–water partition coefficient (Wildman–Crippen LogP) is 5.38. The van der Waals surface area contributed by atoms with Gasteiger partial charge in [-0.1, -0.05) is 35.9 Å². The van der Waals surface area contributed by atoms with Crippen molar-refractivity contribution in [3.05, 3.63) is 88.6 Å². The highest BCUT2D eigenvalue weighted by Crippen LogP contribution is 2.39. The molecule has 3 aromatic carbocycles. The van der Waals surface area contributed by atoms with E-state index in [9.17, 15) is 23.7 Å². The monoisotopic (exact) mass is 867 g/mol. The van der Waals surface area contributed by atoms with Gasteiger partial charge in [0.1, 0.15) is 24.0 Å². The van der Waals surface area contributed by atoms with E-state index >= 15 is 0 Å². The van der Waals surface area contributed by atoms with Crippen LogP contribution in [0.3, 0.4) is 0 Å². The second-order valence-electron chi connectivity index (χ2n) is 16.4. The fraction of sp³-hybridized carbons (Fsp3) is 0.409. The number of anilines is 5. The van der Waals surface area contributed by atoms with Crippen LogP contribution in [0, 0.1) is 0 Å². The van der Waals surface area contributed by atoms with Crippen molar-refractivity contribution >= 4 is 76.5 Å². The van der Waals surface area contributed by atoms with Crippen LogP contribution in [0.2, 0.25) is 5.02 Å². The lowest BCUT2D eigenvalue weighted by molar-refractivity contribution is -0.137. The molecule has 4 aliphatic rings. The van der Waals surface area contributed by atoms with E-state index in [1.54, 1.807) is 31.4 Å². The van der Waals surface area contributed by atoms with Crippen LogP contribution < -0.4 is 30.9 Å². The van der Waals surface area contributed by atoms with Crippen molar-refractivity contribution in [3.63, 3.8) is 0 Å². The van der Waals surface area contributed by atoms with Crippen molar-refractivity contribution in [1.82, 2.24) is 30.0 Å². The molecule has 1 atom stereocenters. The highest BCUT2D eigenvalue weighted by atomic mass is 35.5. The van der Waals surface area contributed by atoms with Crippen molar-refractivity contribution < 1.29 is 28.5 Å². The molecule has 0 saturated carbocycles. The number of methoxy groups -OCH3 is 1. The van der Waals surface area contributed by atoms with Crippen molar-refractivity contribution in [3.8, 4) is 5.75 Å². The Labute approximate surface area is 360 Å². The molecule has 3 saturated heterocycles. The zero-order chi connectivity index (χ0) is 42.8.